The van der Waals surface area contributed by atoms with E-state index in [0.29, 0.717) is 13.1 Å². The van der Waals surface area contributed by atoms with Crippen molar-refractivity contribution < 1.29 is 4.79 Å². The Morgan fingerprint density at radius 1 is 1.08 bits per heavy atom. The predicted molar refractivity (Wildman–Crippen MR) is 104 cm³/mol. The van der Waals surface area contributed by atoms with Gasteiger partial charge in [0, 0.05) is 31.9 Å². The number of hydrogen-bond donors (Lipinski definition) is 1. The van der Waals surface area contributed by atoms with Gasteiger partial charge in [0.05, 0.1) is 4.88 Å². The second kappa shape index (κ2) is 7.32. The summed E-state index contributed by atoms with van der Waals surface area (Å²) in [7, 11) is 0. The zero-order valence-electron chi connectivity index (χ0n) is 13.9. The Morgan fingerprint density at radius 3 is 2.46 bits per heavy atom. The van der Waals surface area contributed by atoms with E-state index in [-0.39, 0.29) is 5.91 Å². The number of nitrogens with one attached hydrogen (secondary N) is 1. The van der Waals surface area contributed by atoms with Gasteiger partial charge in [0.1, 0.15) is 0 Å². The first kappa shape index (κ1) is 16.9. The number of anilines is 1. The summed E-state index contributed by atoms with van der Waals surface area (Å²) in [6, 6.07) is 9.97. The van der Waals surface area contributed by atoms with Crippen LogP contribution in [0.25, 0.3) is 0 Å². The number of aryl methyl sites for hydroxylation is 1. The Hall–Kier alpha value is -1.92. The van der Waals surface area contributed by atoms with E-state index >= 15 is 0 Å². The molecule has 1 amide bonds. The number of carbonyl (C=O) groups is 1. The fraction of sp³-hybridized carbons (Fsp3) is 0.333. The van der Waals surface area contributed by atoms with Crippen molar-refractivity contribution in [2.45, 2.75) is 13.8 Å². The fourth-order valence-electron chi connectivity index (χ4n) is 2.75. The highest BCUT2D eigenvalue weighted by Crippen LogP contribution is 2.19. The van der Waals surface area contributed by atoms with Crippen LogP contribution in [-0.2, 0) is 0 Å². The number of hydrogen-bond acceptors (Lipinski definition) is 3. The molecule has 0 atom stereocenters. The van der Waals surface area contributed by atoms with Crippen LogP contribution in [0, 0.1) is 13.8 Å². The van der Waals surface area contributed by atoms with E-state index in [9.17, 15) is 4.79 Å². The van der Waals surface area contributed by atoms with Crippen LogP contribution < -0.4 is 5.32 Å². The normalized spacial score (nSPS) is 14.6. The van der Waals surface area contributed by atoms with Crippen LogP contribution in [0.15, 0.2) is 35.7 Å². The number of amides is 1. The van der Waals surface area contributed by atoms with E-state index in [1.165, 1.54) is 22.5 Å². The molecule has 126 valence electrons. The predicted octanol–water partition coefficient (Wildman–Crippen LogP) is 3.52. The number of thiophene rings is 1. The Kier molecular flexibility index (Phi) is 5.16. The number of benzene rings is 1. The molecule has 6 heteroatoms. The molecule has 0 spiro atoms. The monoisotopic (exact) mass is 359 g/mol. The van der Waals surface area contributed by atoms with Crippen LogP contribution in [0.5, 0.6) is 0 Å². The van der Waals surface area contributed by atoms with Gasteiger partial charge in [-0.05, 0) is 54.7 Å². The van der Waals surface area contributed by atoms with Crippen LogP contribution in [0.3, 0.4) is 0 Å². The molecule has 0 aliphatic carbocycles. The molecule has 0 radical (unpaired) electrons. The van der Waals surface area contributed by atoms with Crippen molar-refractivity contribution in [3.05, 3.63) is 51.7 Å². The largest absolute Gasteiger partial charge is 0.345 e. The lowest BCUT2D eigenvalue weighted by molar-refractivity contribution is 0.0698. The molecule has 1 aliphatic rings. The highest BCUT2D eigenvalue weighted by molar-refractivity contribution is 7.80. The summed E-state index contributed by atoms with van der Waals surface area (Å²) < 4.78 is 0. The summed E-state index contributed by atoms with van der Waals surface area (Å²) in [5, 5.41) is 6.01. The molecule has 3 rings (SSSR count). The van der Waals surface area contributed by atoms with Crippen molar-refractivity contribution in [3.8, 4) is 0 Å². The zero-order valence-corrected chi connectivity index (χ0v) is 15.5. The Labute approximate surface area is 152 Å². The van der Waals surface area contributed by atoms with Crippen molar-refractivity contribution >= 4 is 40.3 Å². The van der Waals surface area contributed by atoms with Gasteiger partial charge in [-0.15, -0.1) is 11.3 Å². The molecule has 24 heavy (non-hydrogen) atoms. The maximum Gasteiger partial charge on any atom is 0.264 e. The van der Waals surface area contributed by atoms with Crippen LogP contribution in [0.2, 0.25) is 0 Å². The lowest BCUT2D eigenvalue weighted by Gasteiger charge is -2.36. The first-order valence-electron chi connectivity index (χ1n) is 8.01. The molecule has 1 aromatic carbocycles. The third kappa shape index (κ3) is 3.60. The highest BCUT2D eigenvalue weighted by atomic mass is 32.1. The number of thiocarbonyl (C=S) groups is 1. The van der Waals surface area contributed by atoms with E-state index in [2.05, 4.69) is 30.1 Å². The minimum atomic E-state index is 0.123. The highest BCUT2D eigenvalue weighted by Gasteiger charge is 2.24. The quantitative estimate of drug-likeness (QED) is 0.832. The van der Waals surface area contributed by atoms with E-state index in [0.717, 1.165) is 28.8 Å². The number of piperazine rings is 1. The van der Waals surface area contributed by atoms with Crippen molar-refractivity contribution in [3.63, 3.8) is 0 Å². The molecular weight excluding hydrogens is 338 g/mol. The van der Waals surface area contributed by atoms with Crippen LogP contribution >= 0.6 is 23.6 Å². The molecule has 1 N–H and O–H groups in total. The maximum atomic E-state index is 12.4. The van der Waals surface area contributed by atoms with Gasteiger partial charge >= 0.3 is 0 Å². The summed E-state index contributed by atoms with van der Waals surface area (Å²) in [6.45, 7) is 7.11. The van der Waals surface area contributed by atoms with Crippen molar-refractivity contribution in [1.82, 2.24) is 9.80 Å². The third-order valence-corrected chi connectivity index (χ3v) is 5.65. The summed E-state index contributed by atoms with van der Waals surface area (Å²) in [5.74, 6) is 0.123. The van der Waals surface area contributed by atoms with Gasteiger partial charge in [-0.25, -0.2) is 0 Å². The van der Waals surface area contributed by atoms with Crippen molar-refractivity contribution in [2.24, 2.45) is 0 Å². The summed E-state index contributed by atoms with van der Waals surface area (Å²) in [5.41, 5.74) is 3.51. The van der Waals surface area contributed by atoms with Gasteiger partial charge in [-0.2, -0.15) is 0 Å². The van der Waals surface area contributed by atoms with Gasteiger partial charge in [0.15, 0.2) is 5.11 Å². The molecule has 0 unspecified atom stereocenters. The zero-order chi connectivity index (χ0) is 17.1. The lowest BCUT2D eigenvalue weighted by atomic mass is 10.1. The van der Waals surface area contributed by atoms with E-state index in [1.54, 1.807) is 0 Å². The number of rotatable bonds is 2. The molecule has 1 saturated heterocycles. The minimum Gasteiger partial charge on any atom is -0.345 e. The van der Waals surface area contributed by atoms with Crippen molar-refractivity contribution in [2.75, 3.05) is 31.5 Å². The summed E-state index contributed by atoms with van der Waals surface area (Å²) >= 11 is 7.05. The average molecular weight is 360 g/mol. The smallest absolute Gasteiger partial charge is 0.264 e. The molecule has 1 aromatic heterocycles. The third-order valence-electron chi connectivity index (χ3n) is 4.43. The molecular formula is C18H21N3OS2. The Morgan fingerprint density at radius 2 is 1.79 bits per heavy atom. The van der Waals surface area contributed by atoms with E-state index < -0.39 is 0 Å². The fourth-order valence-corrected chi connectivity index (χ4v) is 3.73. The van der Waals surface area contributed by atoms with Crippen LogP contribution in [0.1, 0.15) is 20.8 Å². The SMILES string of the molecule is Cc1cccc(NC(=S)N2CCN(C(=O)c3cccs3)CC2)c1C. The molecule has 1 aliphatic heterocycles. The summed E-state index contributed by atoms with van der Waals surface area (Å²) in [6.07, 6.45) is 0. The van der Waals surface area contributed by atoms with Gasteiger partial charge in [0.2, 0.25) is 0 Å². The first-order chi connectivity index (χ1) is 11.6. The molecule has 0 saturated carbocycles. The van der Waals surface area contributed by atoms with Gasteiger partial charge in [-0.1, -0.05) is 18.2 Å². The molecule has 0 bridgehead atoms. The second-order valence-corrected chi connectivity index (χ2v) is 7.27. The minimum absolute atomic E-state index is 0.123. The number of nitrogens with zero attached hydrogens (tertiary/aromatic N) is 2. The standard InChI is InChI=1S/C18H21N3OS2/c1-13-5-3-6-15(14(13)2)19-18(23)21-10-8-20(9-11-21)17(22)16-7-4-12-24-16/h3-7,12H,8-11H2,1-2H3,(H,19,23). The Balaban J connectivity index is 1.57. The molecule has 2 heterocycles. The van der Waals surface area contributed by atoms with Crippen molar-refractivity contribution in [1.29, 1.82) is 0 Å². The summed E-state index contributed by atoms with van der Waals surface area (Å²) in [4.78, 5) is 17.2. The molecule has 1 fully saturated rings. The average Bonchev–Trinajstić information content (AvgIpc) is 3.13. The lowest BCUT2D eigenvalue weighted by Crippen LogP contribution is -2.51. The second-order valence-electron chi connectivity index (χ2n) is 5.93. The van der Waals surface area contributed by atoms with Gasteiger partial charge < -0.3 is 15.1 Å². The van der Waals surface area contributed by atoms with Crippen LogP contribution in [0.4, 0.5) is 5.69 Å². The molecule has 2 aromatic rings. The van der Waals surface area contributed by atoms with E-state index in [1.807, 2.05) is 34.5 Å². The van der Waals surface area contributed by atoms with Gasteiger partial charge in [0.25, 0.3) is 5.91 Å². The maximum absolute atomic E-state index is 12.4. The Bertz CT molecular complexity index is 735. The topological polar surface area (TPSA) is 35.6 Å². The van der Waals surface area contributed by atoms with Gasteiger partial charge in [-0.3, -0.25) is 4.79 Å². The van der Waals surface area contributed by atoms with E-state index in [4.69, 9.17) is 12.2 Å². The van der Waals surface area contributed by atoms with Crippen LogP contribution in [-0.4, -0.2) is 47.0 Å². The number of carbonyl (C=O) groups excluding carboxylic acids is 1. The molecule has 4 nitrogen and oxygen atoms in total. The first-order valence-corrected chi connectivity index (χ1v) is 9.30.